The van der Waals surface area contributed by atoms with Gasteiger partial charge in [0, 0.05) is 23.7 Å². The predicted molar refractivity (Wildman–Crippen MR) is 206 cm³/mol. The first-order chi connectivity index (χ1) is 24.4. The highest BCUT2D eigenvalue weighted by Gasteiger charge is 2.32. The zero-order chi connectivity index (χ0) is 32.3. The summed E-state index contributed by atoms with van der Waals surface area (Å²) in [6.07, 6.45) is 4.05. The van der Waals surface area contributed by atoms with Crippen LogP contribution in [0.3, 0.4) is 0 Å². The molecule has 1 heterocycles. The van der Waals surface area contributed by atoms with Crippen LogP contribution in [0.25, 0.3) is 76.8 Å². The molecule has 0 radical (unpaired) electrons. The largest absolute Gasteiger partial charge is 0.264 e. The van der Waals surface area contributed by atoms with Crippen molar-refractivity contribution >= 4 is 32.3 Å². The third kappa shape index (κ3) is 4.22. The molecule has 0 aliphatic heterocycles. The summed E-state index contributed by atoms with van der Waals surface area (Å²) >= 11 is 0. The normalized spacial score (nSPS) is 12.4. The molecule has 1 aromatic heterocycles. The second-order valence-electron chi connectivity index (χ2n) is 13.0. The molecular formula is C48H31N. The molecule has 0 amide bonds. The third-order valence-electron chi connectivity index (χ3n) is 10.4. The first-order valence-electron chi connectivity index (χ1n) is 17.0. The molecule has 10 rings (SSSR count). The zero-order valence-electron chi connectivity index (χ0n) is 26.8. The van der Waals surface area contributed by atoms with Crippen LogP contribution in [0.1, 0.15) is 22.6 Å². The molecule has 49 heavy (non-hydrogen) atoms. The molecule has 1 atom stereocenters. The van der Waals surface area contributed by atoms with Gasteiger partial charge in [0.1, 0.15) is 0 Å². The number of fused-ring (bicyclic) bond motifs is 5. The van der Waals surface area contributed by atoms with E-state index in [0.717, 1.165) is 5.39 Å². The number of rotatable bonds is 5. The van der Waals surface area contributed by atoms with Gasteiger partial charge in [-0.1, -0.05) is 170 Å². The molecule has 1 unspecified atom stereocenters. The van der Waals surface area contributed by atoms with Gasteiger partial charge in [-0.25, -0.2) is 0 Å². The summed E-state index contributed by atoms with van der Waals surface area (Å²) < 4.78 is 0. The Morgan fingerprint density at radius 1 is 0.347 bits per heavy atom. The van der Waals surface area contributed by atoms with E-state index in [0.29, 0.717) is 0 Å². The fraction of sp³-hybridized carbons (Fsp3) is 0.0208. The molecule has 0 spiro atoms. The van der Waals surface area contributed by atoms with Gasteiger partial charge in [-0.2, -0.15) is 0 Å². The van der Waals surface area contributed by atoms with Gasteiger partial charge in [-0.3, -0.25) is 4.98 Å². The van der Waals surface area contributed by atoms with Crippen molar-refractivity contribution in [3.05, 3.63) is 199 Å². The van der Waals surface area contributed by atoms with Gasteiger partial charge in [0.05, 0.1) is 0 Å². The molecule has 1 nitrogen and oxygen atoms in total. The fourth-order valence-electron chi connectivity index (χ4n) is 8.43. The summed E-state index contributed by atoms with van der Waals surface area (Å²) in [4.78, 5) is 4.77. The van der Waals surface area contributed by atoms with Gasteiger partial charge in [-0.15, -0.1) is 0 Å². The summed E-state index contributed by atoms with van der Waals surface area (Å²) in [5, 5.41) is 7.57. The molecule has 228 valence electrons. The molecule has 9 aromatic rings. The van der Waals surface area contributed by atoms with Gasteiger partial charge in [0.25, 0.3) is 0 Å². The summed E-state index contributed by atoms with van der Waals surface area (Å²) in [7, 11) is 0. The summed E-state index contributed by atoms with van der Waals surface area (Å²) in [5.41, 5.74) is 14.1. The van der Waals surface area contributed by atoms with E-state index in [1.807, 2.05) is 6.20 Å². The lowest BCUT2D eigenvalue weighted by Crippen LogP contribution is -2.06. The predicted octanol–water partition coefficient (Wildman–Crippen LogP) is 12.7. The molecule has 0 saturated carbocycles. The maximum Gasteiger partial charge on any atom is 0.0367 e. The van der Waals surface area contributed by atoms with Crippen molar-refractivity contribution in [2.45, 2.75) is 5.92 Å². The topological polar surface area (TPSA) is 12.9 Å². The van der Waals surface area contributed by atoms with E-state index in [9.17, 15) is 0 Å². The third-order valence-corrected chi connectivity index (χ3v) is 10.4. The molecular weight excluding hydrogens is 591 g/mol. The monoisotopic (exact) mass is 621 g/mol. The lowest BCUT2D eigenvalue weighted by Gasteiger charge is -2.23. The van der Waals surface area contributed by atoms with Crippen molar-refractivity contribution < 1.29 is 0 Å². The molecule has 0 bridgehead atoms. The SMILES string of the molecule is c1ccc(-c2c3c(c(-c4ccccc4)c4ccccc24)-c2ccc(C(c4ccccc4)c4cncc5ccccc45)c4cccc-3c24)cc1. The van der Waals surface area contributed by atoms with Crippen molar-refractivity contribution in [2.75, 3.05) is 0 Å². The van der Waals surface area contributed by atoms with Gasteiger partial charge < -0.3 is 0 Å². The minimum Gasteiger partial charge on any atom is -0.264 e. The van der Waals surface area contributed by atoms with E-state index < -0.39 is 0 Å². The Kier molecular flexibility index (Phi) is 6.32. The van der Waals surface area contributed by atoms with E-state index in [-0.39, 0.29) is 5.92 Å². The quantitative estimate of drug-likeness (QED) is 0.186. The standard InChI is InChI=1S/C48H31N/c1-4-15-31(16-5-1)43(42-30-49-29-34-21-10-11-22-35(34)42)39-27-28-41-46-38(39)25-14-26-40(46)47-44(32-17-6-2-7-18-32)36-23-12-13-24-37(36)45(48(41)47)33-19-8-3-9-20-33/h1-30,43H. The van der Waals surface area contributed by atoms with Crippen LogP contribution in [0, 0.1) is 0 Å². The summed E-state index contributed by atoms with van der Waals surface area (Å²) in [6, 6.07) is 62.2. The van der Waals surface area contributed by atoms with Crippen LogP contribution in [-0.4, -0.2) is 4.98 Å². The molecule has 1 aliphatic rings. The molecule has 0 fully saturated rings. The minimum absolute atomic E-state index is 0.00840. The van der Waals surface area contributed by atoms with Crippen molar-refractivity contribution in [3.63, 3.8) is 0 Å². The van der Waals surface area contributed by atoms with Gasteiger partial charge in [-0.05, 0) is 88.1 Å². The highest BCUT2D eigenvalue weighted by Crippen LogP contribution is 2.58. The highest BCUT2D eigenvalue weighted by atomic mass is 14.6. The fourth-order valence-corrected chi connectivity index (χ4v) is 8.43. The van der Waals surface area contributed by atoms with E-state index >= 15 is 0 Å². The van der Waals surface area contributed by atoms with E-state index in [1.54, 1.807) is 0 Å². The van der Waals surface area contributed by atoms with Crippen LogP contribution in [0.4, 0.5) is 0 Å². The van der Waals surface area contributed by atoms with Crippen molar-refractivity contribution in [1.29, 1.82) is 0 Å². The van der Waals surface area contributed by atoms with Crippen molar-refractivity contribution in [2.24, 2.45) is 0 Å². The van der Waals surface area contributed by atoms with Crippen molar-refractivity contribution in [1.82, 2.24) is 4.98 Å². The second-order valence-corrected chi connectivity index (χ2v) is 13.0. The molecule has 0 saturated heterocycles. The van der Waals surface area contributed by atoms with Crippen molar-refractivity contribution in [3.8, 4) is 44.5 Å². The van der Waals surface area contributed by atoms with Gasteiger partial charge in [0.2, 0.25) is 0 Å². The number of hydrogen-bond donors (Lipinski definition) is 0. The number of aromatic nitrogens is 1. The summed E-state index contributed by atoms with van der Waals surface area (Å²) in [6.45, 7) is 0. The number of pyridine rings is 1. The first-order valence-corrected chi connectivity index (χ1v) is 17.0. The number of benzene rings is 8. The Hall–Kier alpha value is -6.31. The maximum atomic E-state index is 4.77. The second kappa shape index (κ2) is 11.1. The molecule has 1 heteroatoms. The Labute approximate surface area is 285 Å². The van der Waals surface area contributed by atoms with Crippen LogP contribution in [-0.2, 0) is 0 Å². The van der Waals surface area contributed by atoms with E-state index in [1.165, 1.54) is 88.1 Å². The van der Waals surface area contributed by atoms with Gasteiger partial charge in [0.15, 0.2) is 0 Å². The van der Waals surface area contributed by atoms with Gasteiger partial charge >= 0.3 is 0 Å². The Morgan fingerprint density at radius 2 is 0.878 bits per heavy atom. The average molecular weight is 622 g/mol. The van der Waals surface area contributed by atoms with E-state index in [2.05, 4.69) is 176 Å². The van der Waals surface area contributed by atoms with E-state index in [4.69, 9.17) is 4.98 Å². The minimum atomic E-state index is 0.00840. The Morgan fingerprint density at radius 3 is 1.53 bits per heavy atom. The van der Waals surface area contributed by atoms with Crippen LogP contribution in [0.5, 0.6) is 0 Å². The Balaban J connectivity index is 1.34. The zero-order valence-corrected chi connectivity index (χ0v) is 26.8. The van der Waals surface area contributed by atoms with Crippen LogP contribution in [0.2, 0.25) is 0 Å². The number of nitrogens with zero attached hydrogens (tertiary/aromatic N) is 1. The molecule has 8 aromatic carbocycles. The molecule has 1 aliphatic carbocycles. The smallest absolute Gasteiger partial charge is 0.0367 e. The lowest BCUT2D eigenvalue weighted by molar-refractivity contribution is 0.989. The lowest BCUT2D eigenvalue weighted by atomic mass is 9.80. The molecule has 0 N–H and O–H groups in total. The summed E-state index contributed by atoms with van der Waals surface area (Å²) in [5.74, 6) is 0.00840. The Bertz CT molecular complexity index is 2600. The average Bonchev–Trinajstić information content (AvgIpc) is 3.50. The van der Waals surface area contributed by atoms with Crippen LogP contribution < -0.4 is 0 Å². The maximum absolute atomic E-state index is 4.77. The van der Waals surface area contributed by atoms with Crippen LogP contribution >= 0.6 is 0 Å². The number of hydrogen-bond acceptors (Lipinski definition) is 1. The first kappa shape index (κ1) is 27.8. The highest BCUT2D eigenvalue weighted by molar-refractivity contribution is 6.27. The van der Waals surface area contributed by atoms with Crippen LogP contribution in [0.15, 0.2) is 182 Å².